The molecule has 0 aliphatic rings. The van der Waals surface area contributed by atoms with E-state index in [9.17, 15) is 0 Å². The average Bonchev–Trinajstić information content (AvgIpc) is 2.40. The lowest BCUT2D eigenvalue weighted by molar-refractivity contribution is 0.873. The first kappa shape index (κ1) is 11.6. The number of nitrogens with zero attached hydrogens (tertiary/aromatic N) is 1. The number of hydrogen-bond donors (Lipinski definition) is 2. The Kier molecular flexibility index (Phi) is 3.73. The number of hydrogen-bond acceptors (Lipinski definition) is 3. The van der Waals surface area contributed by atoms with Crippen LogP contribution in [0.1, 0.15) is 24.1 Å². The van der Waals surface area contributed by atoms with Crippen LogP contribution in [-0.2, 0) is 6.54 Å². The number of pyridine rings is 1. The Labute approximate surface area is 102 Å². The van der Waals surface area contributed by atoms with Gasteiger partial charge in [0.2, 0.25) is 0 Å². The summed E-state index contributed by atoms with van der Waals surface area (Å²) in [5, 5.41) is 3.36. The van der Waals surface area contributed by atoms with E-state index in [0.717, 1.165) is 11.4 Å². The maximum Gasteiger partial charge on any atom is 0.126 e. The molecule has 2 rings (SSSR count). The van der Waals surface area contributed by atoms with Gasteiger partial charge in [-0.2, -0.15) is 0 Å². The standard InChI is InChI=1S/C14H17N3/c1-11(13-5-3-2-4-6-13)17-14-8-7-12(9-15)10-16-14/h2-8,10-11H,9,15H2,1H3,(H,16,17). The summed E-state index contributed by atoms with van der Waals surface area (Å²) in [6.45, 7) is 2.65. The van der Waals surface area contributed by atoms with E-state index < -0.39 is 0 Å². The van der Waals surface area contributed by atoms with Crippen molar-refractivity contribution in [2.24, 2.45) is 5.73 Å². The van der Waals surface area contributed by atoms with Crippen molar-refractivity contribution in [1.82, 2.24) is 4.98 Å². The minimum absolute atomic E-state index is 0.243. The van der Waals surface area contributed by atoms with Crippen LogP contribution in [0.3, 0.4) is 0 Å². The molecule has 0 aliphatic heterocycles. The van der Waals surface area contributed by atoms with Crippen molar-refractivity contribution >= 4 is 5.82 Å². The van der Waals surface area contributed by atoms with E-state index in [1.54, 1.807) is 6.20 Å². The van der Waals surface area contributed by atoms with Gasteiger partial charge in [0.1, 0.15) is 5.82 Å². The van der Waals surface area contributed by atoms with Crippen LogP contribution in [0.15, 0.2) is 48.7 Å². The molecule has 1 heterocycles. The number of benzene rings is 1. The average molecular weight is 227 g/mol. The summed E-state index contributed by atoms with van der Waals surface area (Å²) in [5.41, 5.74) is 7.82. The van der Waals surface area contributed by atoms with Gasteiger partial charge in [-0.3, -0.25) is 0 Å². The molecule has 1 aromatic carbocycles. The molecule has 1 aromatic heterocycles. The first-order valence-corrected chi connectivity index (χ1v) is 5.76. The van der Waals surface area contributed by atoms with Crippen molar-refractivity contribution in [3.05, 3.63) is 59.8 Å². The fourth-order valence-corrected chi connectivity index (χ4v) is 1.68. The van der Waals surface area contributed by atoms with Crippen LogP contribution < -0.4 is 11.1 Å². The molecule has 0 radical (unpaired) electrons. The van der Waals surface area contributed by atoms with E-state index in [1.165, 1.54) is 5.56 Å². The van der Waals surface area contributed by atoms with Crippen LogP contribution in [0, 0.1) is 0 Å². The SMILES string of the molecule is CC(Nc1ccc(CN)cn1)c1ccccc1. The van der Waals surface area contributed by atoms with Gasteiger partial charge in [0.15, 0.2) is 0 Å². The van der Waals surface area contributed by atoms with Crippen molar-refractivity contribution in [3.8, 4) is 0 Å². The quantitative estimate of drug-likeness (QED) is 0.844. The smallest absolute Gasteiger partial charge is 0.126 e. The molecule has 0 fully saturated rings. The van der Waals surface area contributed by atoms with Crippen LogP contribution in [0.2, 0.25) is 0 Å². The molecule has 2 aromatic rings. The topological polar surface area (TPSA) is 50.9 Å². The van der Waals surface area contributed by atoms with Crippen molar-refractivity contribution < 1.29 is 0 Å². The van der Waals surface area contributed by atoms with Gasteiger partial charge in [0, 0.05) is 18.8 Å². The predicted molar refractivity (Wildman–Crippen MR) is 70.6 cm³/mol. The van der Waals surface area contributed by atoms with Crippen molar-refractivity contribution in [3.63, 3.8) is 0 Å². The second-order valence-electron chi connectivity index (χ2n) is 4.03. The lowest BCUT2D eigenvalue weighted by Crippen LogP contribution is -2.08. The lowest BCUT2D eigenvalue weighted by atomic mass is 10.1. The predicted octanol–water partition coefficient (Wildman–Crippen LogP) is 2.71. The number of nitrogens with one attached hydrogen (secondary N) is 1. The summed E-state index contributed by atoms with van der Waals surface area (Å²) in [4.78, 5) is 4.32. The number of anilines is 1. The Hall–Kier alpha value is -1.87. The summed E-state index contributed by atoms with van der Waals surface area (Å²) in [7, 11) is 0. The molecular formula is C14H17N3. The highest BCUT2D eigenvalue weighted by Gasteiger charge is 2.04. The highest BCUT2D eigenvalue weighted by atomic mass is 15.0. The van der Waals surface area contributed by atoms with Crippen LogP contribution in [0.5, 0.6) is 0 Å². The third kappa shape index (κ3) is 3.04. The van der Waals surface area contributed by atoms with E-state index in [0.29, 0.717) is 6.54 Å². The third-order valence-corrected chi connectivity index (χ3v) is 2.72. The Morgan fingerprint density at radius 1 is 1.18 bits per heavy atom. The Bertz CT molecular complexity index is 451. The van der Waals surface area contributed by atoms with Gasteiger partial charge in [-0.25, -0.2) is 4.98 Å². The molecule has 0 bridgehead atoms. The monoisotopic (exact) mass is 227 g/mol. The lowest BCUT2D eigenvalue weighted by Gasteiger charge is -2.14. The van der Waals surface area contributed by atoms with Gasteiger partial charge in [-0.05, 0) is 24.1 Å². The number of nitrogens with two attached hydrogens (primary N) is 1. The number of rotatable bonds is 4. The molecule has 88 valence electrons. The second-order valence-corrected chi connectivity index (χ2v) is 4.03. The molecule has 3 N–H and O–H groups in total. The molecular weight excluding hydrogens is 210 g/mol. The maximum atomic E-state index is 5.53. The van der Waals surface area contributed by atoms with E-state index in [2.05, 4.69) is 29.4 Å². The van der Waals surface area contributed by atoms with Gasteiger partial charge in [0.05, 0.1) is 0 Å². The summed E-state index contributed by atoms with van der Waals surface area (Å²) in [5.74, 6) is 0.874. The van der Waals surface area contributed by atoms with E-state index in [-0.39, 0.29) is 6.04 Å². The van der Waals surface area contributed by atoms with Crippen LogP contribution >= 0.6 is 0 Å². The summed E-state index contributed by atoms with van der Waals surface area (Å²) in [6, 6.07) is 14.5. The Morgan fingerprint density at radius 3 is 2.53 bits per heavy atom. The Morgan fingerprint density at radius 2 is 1.94 bits per heavy atom. The molecule has 1 unspecified atom stereocenters. The zero-order valence-electron chi connectivity index (χ0n) is 9.93. The minimum Gasteiger partial charge on any atom is -0.364 e. The molecule has 17 heavy (non-hydrogen) atoms. The first-order chi connectivity index (χ1) is 8.29. The molecule has 0 saturated heterocycles. The Balaban J connectivity index is 2.05. The molecule has 3 heteroatoms. The normalized spacial score (nSPS) is 12.1. The van der Waals surface area contributed by atoms with Gasteiger partial charge >= 0.3 is 0 Å². The van der Waals surface area contributed by atoms with Gasteiger partial charge < -0.3 is 11.1 Å². The van der Waals surface area contributed by atoms with E-state index in [4.69, 9.17) is 5.73 Å². The molecule has 1 atom stereocenters. The second kappa shape index (κ2) is 5.46. The fraction of sp³-hybridized carbons (Fsp3) is 0.214. The molecule has 0 saturated carbocycles. The summed E-state index contributed by atoms with van der Waals surface area (Å²) >= 11 is 0. The number of aromatic nitrogens is 1. The first-order valence-electron chi connectivity index (χ1n) is 5.76. The fourth-order valence-electron chi connectivity index (χ4n) is 1.68. The van der Waals surface area contributed by atoms with Gasteiger partial charge in [-0.1, -0.05) is 36.4 Å². The highest BCUT2D eigenvalue weighted by Crippen LogP contribution is 2.17. The maximum absolute atomic E-state index is 5.53. The van der Waals surface area contributed by atoms with Gasteiger partial charge in [0.25, 0.3) is 0 Å². The van der Waals surface area contributed by atoms with Crippen LogP contribution in [0.25, 0.3) is 0 Å². The summed E-state index contributed by atoms with van der Waals surface area (Å²) < 4.78 is 0. The van der Waals surface area contributed by atoms with Crippen molar-refractivity contribution in [1.29, 1.82) is 0 Å². The van der Waals surface area contributed by atoms with Crippen molar-refractivity contribution in [2.75, 3.05) is 5.32 Å². The minimum atomic E-state index is 0.243. The third-order valence-electron chi connectivity index (χ3n) is 2.72. The molecule has 0 spiro atoms. The van der Waals surface area contributed by atoms with E-state index in [1.807, 2.05) is 30.3 Å². The largest absolute Gasteiger partial charge is 0.364 e. The van der Waals surface area contributed by atoms with Gasteiger partial charge in [-0.15, -0.1) is 0 Å². The van der Waals surface area contributed by atoms with E-state index >= 15 is 0 Å². The van der Waals surface area contributed by atoms with Crippen LogP contribution in [-0.4, -0.2) is 4.98 Å². The summed E-state index contributed by atoms with van der Waals surface area (Å²) in [6.07, 6.45) is 1.81. The molecule has 3 nitrogen and oxygen atoms in total. The zero-order valence-corrected chi connectivity index (χ0v) is 9.93. The van der Waals surface area contributed by atoms with Crippen molar-refractivity contribution in [2.45, 2.75) is 19.5 Å². The highest BCUT2D eigenvalue weighted by molar-refractivity contribution is 5.38. The molecule has 0 aliphatic carbocycles. The van der Waals surface area contributed by atoms with Crippen LogP contribution in [0.4, 0.5) is 5.82 Å². The molecule has 0 amide bonds. The zero-order chi connectivity index (χ0) is 12.1.